The van der Waals surface area contributed by atoms with Crippen LogP contribution < -0.4 is 10.3 Å². The van der Waals surface area contributed by atoms with E-state index in [1.54, 1.807) is 6.20 Å². The van der Waals surface area contributed by atoms with Crippen molar-refractivity contribution in [2.75, 3.05) is 6.61 Å². The molecular formula is C13H14N2O2. The first-order chi connectivity index (χ1) is 8.31. The number of hydrogen-bond acceptors (Lipinski definition) is 3. The fraction of sp³-hybridized carbons (Fsp3) is 0.231. The van der Waals surface area contributed by atoms with Crippen molar-refractivity contribution in [3.8, 4) is 17.0 Å². The summed E-state index contributed by atoms with van der Waals surface area (Å²) in [5.74, 6) is 0.759. The summed E-state index contributed by atoms with van der Waals surface area (Å²) >= 11 is 0. The quantitative estimate of drug-likeness (QED) is 0.876. The SMILES string of the molecule is CCCOc1cccc(-c2ncc[nH]c2=O)c1. The Hall–Kier alpha value is -2.10. The van der Waals surface area contributed by atoms with E-state index in [0.717, 1.165) is 17.7 Å². The van der Waals surface area contributed by atoms with Gasteiger partial charge in [-0.15, -0.1) is 0 Å². The third kappa shape index (κ3) is 2.72. The van der Waals surface area contributed by atoms with Crippen molar-refractivity contribution < 1.29 is 4.74 Å². The number of nitrogens with one attached hydrogen (secondary N) is 1. The predicted molar refractivity (Wildman–Crippen MR) is 66.1 cm³/mol. The van der Waals surface area contributed by atoms with Crippen molar-refractivity contribution in [1.82, 2.24) is 9.97 Å². The second-order valence-electron chi connectivity index (χ2n) is 3.64. The topological polar surface area (TPSA) is 55.0 Å². The average molecular weight is 230 g/mol. The van der Waals surface area contributed by atoms with Gasteiger partial charge in [0.15, 0.2) is 0 Å². The molecule has 0 saturated heterocycles. The maximum atomic E-state index is 11.6. The van der Waals surface area contributed by atoms with Crippen molar-refractivity contribution in [2.45, 2.75) is 13.3 Å². The number of ether oxygens (including phenoxy) is 1. The Morgan fingerprint density at radius 3 is 3.06 bits per heavy atom. The lowest BCUT2D eigenvalue weighted by molar-refractivity contribution is 0.317. The minimum atomic E-state index is -0.194. The molecule has 17 heavy (non-hydrogen) atoms. The van der Waals surface area contributed by atoms with Crippen LogP contribution in [0.25, 0.3) is 11.3 Å². The smallest absolute Gasteiger partial charge is 0.274 e. The van der Waals surface area contributed by atoms with Crippen LogP contribution in [0.3, 0.4) is 0 Å². The zero-order valence-electron chi connectivity index (χ0n) is 9.64. The van der Waals surface area contributed by atoms with Crippen molar-refractivity contribution in [1.29, 1.82) is 0 Å². The van der Waals surface area contributed by atoms with Gasteiger partial charge in [-0.2, -0.15) is 0 Å². The van der Waals surface area contributed by atoms with Crippen LogP contribution in [0.15, 0.2) is 41.5 Å². The molecule has 1 aromatic carbocycles. The van der Waals surface area contributed by atoms with Crippen molar-refractivity contribution in [3.63, 3.8) is 0 Å². The van der Waals surface area contributed by atoms with Crippen LogP contribution in [0.4, 0.5) is 0 Å². The lowest BCUT2D eigenvalue weighted by atomic mass is 10.1. The van der Waals surface area contributed by atoms with Crippen molar-refractivity contribution >= 4 is 0 Å². The fourth-order valence-electron chi connectivity index (χ4n) is 1.51. The Morgan fingerprint density at radius 1 is 1.41 bits per heavy atom. The zero-order valence-corrected chi connectivity index (χ0v) is 9.64. The molecule has 1 N–H and O–H groups in total. The third-order valence-electron chi connectivity index (χ3n) is 2.29. The van der Waals surface area contributed by atoms with Gasteiger partial charge in [-0.3, -0.25) is 4.79 Å². The van der Waals surface area contributed by atoms with E-state index >= 15 is 0 Å². The predicted octanol–water partition coefficient (Wildman–Crippen LogP) is 2.23. The highest BCUT2D eigenvalue weighted by Gasteiger charge is 2.04. The average Bonchev–Trinajstić information content (AvgIpc) is 2.37. The summed E-state index contributed by atoms with van der Waals surface area (Å²) in [6.07, 6.45) is 4.04. The van der Waals surface area contributed by atoms with Crippen LogP contribution >= 0.6 is 0 Å². The number of aromatic nitrogens is 2. The van der Waals surface area contributed by atoms with E-state index in [1.807, 2.05) is 31.2 Å². The van der Waals surface area contributed by atoms with E-state index in [0.29, 0.717) is 12.3 Å². The molecule has 0 bridgehead atoms. The highest BCUT2D eigenvalue weighted by Crippen LogP contribution is 2.19. The van der Waals surface area contributed by atoms with E-state index in [4.69, 9.17) is 4.74 Å². The number of H-pyrrole nitrogens is 1. The van der Waals surface area contributed by atoms with Crippen molar-refractivity contribution in [2.24, 2.45) is 0 Å². The molecule has 0 radical (unpaired) electrons. The molecule has 0 saturated carbocycles. The minimum Gasteiger partial charge on any atom is -0.494 e. The first-order valence-corrected chi connectivity index (χ1v) is 5.58. The molecule has 0 spiro atoms. The van der Waals surface area contributed by atoms with E-state index < -0.39 is 0 Å². The maximum absolute atomic E-state index is 11.6. The molecule has 1 aromatic heterocycles. The van der Waals surface area contributed by atoms with Crippen LogP contribution in [0.1, 0.15) is 13.3 Å². The molecule has 2 rings (SSSR count). The van der Waals surface area contributed by atoms with Gasteiger partial charge in [-0.05, 0) is 18.6 Å². The second-order valence-corrected chi connectivity index (χ2v) is 3.64. The number of aromatic amines is 1. The lowest BCUT2D eigenvalue weighted by Crippen LogP contribution is -2.09. The molecule has 0 aliphatic rings. The minimum absolute atomic E-state index is 0.194. The van der Waals surface area contributed by atoms with Crippen molar-refractivity contribution in [3.05, 3.63) is 47.0 Å². The highest BCUT2D eigenvalue weighted by atomic mass is 16.5. The molecule has 0 aliphatic heterocycles. The summed E-state index contributed by atoms with van der Waals surface area (Å²) in [4.78, 5) is 18.3. The Bertz CT molecular complexity index is 549. The van der Waals surface area contributed by atoms with Crippen LogP contribution in [0.2, 0.25) is 0 Å². The standard InChI is InChI=1S/C13H14N2O2/c1-2-8-17-11-5-3-4-10(9-11)12-13(16)15-7-6-14-12/h3-7,9H,2,8H2,1H3,(H,15,16). The number of benzene rings is 1. The number of hydrogen-bond donors (Lipinski definition) is 1. The van der Waals surface area contributed by atoms with Crippen LogP contribution in [-0.2, 0) is 0 Å². The summed E-state index contributed by atoms with van der Waals surface area (Å²) in [5, 5.41) is 0. The van der Waals surface area contributed by atoms with Crippen LogP contribution in [-0.4, -0.2) is 16.6 Å². The molecule has 0 fully saturated rings. The van der Waals surface area contributed by atoms with Gasteiger partial charge in [0, 0.05) is 18.0 Å². The molecule has 1 heterocycles. The summed E-state index contributed by atoms with van der Waals surface area (Å²) in [6.45, 7) is 2.72. The Balaban J connectivity index is 2.33. The van der Waals surface area contributed by atoms with E-state index in [9.17, 15) is 4.79 Å². The Labute approximate surface area is 99.3 Å². The van der Waals surface area contributed by atoms with Crippen LogP contribution in [0.5, 0.6) is 5.75 Å². The summed E-state index contributed by atoms with van der Waals surface area (Å²) in [7, 11) is 0. The van der Waals surface area contributed by atoms with Gasteiger partial charge in [0.2, 0.25) is 0 Å². The Morgan fingerprint density at radius 2 is 2.29 bits per heavy atom. The molecule has 4 heteroatoms. The molecule has 0 unspecified atom stereocenters. The molecule has 2 aromatic rings. The summed E-state index contributed by atoms with van der Waals surface area (Å²) < 4.78 is 5.52. The third-order valence-corrected chi connectivity index (χ3v) is 2.29. The van der Waals surface area contributed by atoms with Gasteiger partial charge in [0.1, 0.15) is 11.4 Å². The molecule has 0 aliphatic carbocycles. The summed E-state index contributed by atoms with van der Waals surface area (Å²) in [5.41, 5.74) is 0.982. The number of nitrogens with zero attached hydrogens (tertiary/aromatic N) is 1. The zero-order chi connectivity index (χ0) is 12.1. The van der Waals surface area contributed by atoms with Crippen LogP contribution in [0, 0.1) is 0 Å². The maximum Gasteiger partial charge on any atom is 0.274 e. The van der Waals surface area contributed by atoms with E-state index in [1.165, 1.54) is 6.20 Å². The van der Waals surface area contributed by atoms with Gasteiger partial charge in [0.25, 0.3) is 5.56 Å². The fourth-order valence-corrected chi connectivity index (χ4v) is 1.51. The molecule has 0 atom stereocenters. The molecule has 4 nitrogen and oxygen atoms in total. The molecular weight excluding hydrogens is 216 g/mol. The van der Waals surface area contributed by atoms with Gasteiger partial charge < -0.3 is 9.72 Å². The summed E-state index contributed by atoms with van der Waals surface area (Å²) in [6, 6.07) is 7.40. The normalized spacial score (nSPS) is 10.2. The molecule has 0 amide bonds. The monoisotopic (exact) mass is 230 g/mol. The van der Waals surface area contributed by atoms with Gasteiger partial charge in [-0.1, -0.05) is 19.1 Å². The van der Waals surface area contributed by atoms with Gasteiger partial charge >= 0.3 is 0 Å². The largest absolute Gasteiger partial charge is 0.494 e. The molecule has 88 valence electrons. The first-order valence-electron chi connectivity index (χ1n) is 5.58. The van der Waals surface area contributed by atoms with Gasteiger partial charge in [0.05, 0.1) is 6.61 Å². The highest BCUT2D eigenvalue weighted by molar-refractivity contribution is 5.59. The van der Waals surface area contributed by atoms with E-state index in [-0.39, 0.29) is 5.56 Å². The Kier molecular flexibility index (Phi) is 3.55. The first kappa shape index (κ1) is 11.4. The second kappa shape index (κ2) is 5.30. The van der Waals surface area contributed by atoms with E-state index in [2.05, 4.69) is 9.97 Å². The van der Waals surface area contributed by atoms with Gasteiger partial charge in [-0.25, -0.2) is 4.98 Å². The lowest BCUT2D eigenvalue weighted by Gasteiger charge is -2.06. The number of rotatable bonds is 4.